The van der Waals surface area contributed by atoms with E-state index < -0.39 is 0 Å². The first-order valence-electron chi connectivity index (χ1n) is 5.90. The first-order chi connectivity index (χ1) is 6.59. The average molecular weight is 200 g/mol. The minimum absolute atomic E-state index is 0.316. The van der Waals surface area contributed by atoms with Crippen molar-refractivity contribution < 1.29 is 9.47 Å². The van der Waals surface area contributed by atoms with Gasteiger partial charge in [-0.25, -0.2) is 0 Å². The monoisotopic (exact) mass is 200 g/mol. The fourth-order valence-electron chi connectivity index (χ4n) is 2.07. The molecular weight excluding hydrogens is 176 g/mol. The molecule has 1 rings (SSSR count). The van der Waals surface area contributed by atoms with Gasteiger partial charge in [0.25, 0.3) is 0 Å². The maximum absolute atomic E-state index is 5.88. The summed E-state index contributed by atoms with van der Waals surface area (Å²) in [6.07, 6.45) is 6.18. The van der Waals surface area contributed by atoms with Gasteiger partial charge in [0.2, 0.25) is 0 Å². The van der Waals surface area contributed by atoms with Gasteiger partial charge in [-0.15, -0.1) is 0 Å². The summed E-state index contributed by atoms with van der Waals surface area (Å²) in [4.78, 5) is 0. The summed E-state index contributed by atoms with van der Waals surface area (Å²) in [5.41, 5.74) is 0. The Morgan fingerprint density at radius 1 is 0.786 bits per heavy atom. The standard InChI is InChI=1S/C12H24O2/c1-9(2)13-11-7-5-6-8-12(11)14-10(3)4/h9-12H,5-8H2,1-4H3/t11-,12-/m1/s1. The van der Waals surface area contributed by atoms with Crippen LogP contribution in [0.2, 0.25) is 0 Å². The Kier molecular flexibility index (Phi) is 4.90. The van der Waals surface area contributed by atoms with Crippen molar-refractivity contribution in [2.75, 3.05) is 0 Å². The predicted molar refractivity (Wildman–Crippen MR) is 58.5 cm³/mol. The van der Waals surface area contributed by atoms with Gasteiger partial charge in [0.15, 0.2) is 0 Å². The van der Waals surface area contributed by atoms with Crippen LogP contribution in [-0.4, -0.2) is 24.4 Å². The Bertz CT molecular complexity index is 136. The molecule has 0 aromatic rings. The molecular formula is C12H24O2. The zero-order chi connectivity index (χ0) is 10.6. The van der Waals surface area contributed by atoms with E-state index in [0.717, 1.165) is 12.8 Å². The van der Waals surface area contributed by atoms with Crippen molar-refractivity contribution in [2.24, 2.45) is 0 Å². The molecule has 0 N–H and O–H groups in total. The van der Waals surface area contributed by atoms with Crippen LogP contribution in [0, 0.1) is 0 Å². The molecule has 2 heteroatoms. The molecule has 2 nitrogen and oxygen atoms in total. The molecule has 0 amide bonds. The number of ether oxygens (including phenoxy) is 2. The van der Waals surface area contributed by atoms with Crippen molar-refractivity contribution in [3.8, 4) is 0 Å². The molecule has 2 atom stereocenters. The highest BCUT2D eigenvalue weighted by molar-refractivity contribution is 4.77. The van der Waals surface area contributed by atoms with Gasteiger partial charge in [0, 0.05) is 0 Å². The molecule has 0 bridgehead atoms. The van der Waals surface area contributed by atoms with E-state index >= 15 is 0 Å². The van der Waals surface area contributed by atoms with Crippen molar-refractivity contribution in [1.82, 2.24) is 0 Å². The van der Waals surface area contributed by atoms with E-state index in [4.69, 9.17) is 9.47 Å². The summed E-state index contributed by atoms with van der Waals surface area (Å²) >= 11 is 0. The largest absolute Gasteiger partial charge is 0.373 e. The van der Waals surface area contributed by atoms with Crippen LogP contribution in [0.4, 0.5) is 0 Å². The molecule has 0 aromatic carbocycles. The third-order valence-electron chi connectivity index (χ3n) is 2.54. The van der Waals surface area contributed by atoms with E-state index in [9.17, 15) is 0 Å². The van der Waals surface area contributed by atoms with Crippen LogP contribution in [0.5, 0.6) is 0 Å². The van der Waals surface area contributed by atoms with Crippen molar-refractivity contribution in [1.29, 1.82) is 0 Å². The van der Waals surface area contributed by atoms with E-state index in [0.29, 0.717) is 24.4 Å². The maximum Gasteiger partial charge on any atom is 0.0840 e. The maximum atomic E-state index is 5.88. The van der Waals surface area contributed by atoms with Crippen LogP contribution in [-0.2, 0) is 9.47 Å². The Morgan fingerprint density at radius 3 is 1.43 bits per heavy atom. The summed E-state index contributed by atoms with van der Waals surface area (Å²) < 4.78 is 11.8. The molecule has 0 aromatic heterocycles. The number of hydrogen-bond donors (Lipinski definition) is 0. The second-order valence-corrected chi connectivity index (χ2v) is 4.73. The Labute approximate surface area is 88.0 Å². The molecule has 1 saturated carbocycles. The van der Waals surface area contributed by atoms with Crippen LogP contribution in [0.15, 0.2) is 0 Å². The third-order valence-corrected chi connectivity index (χ3v) is 2.54. The van der Waals surface area contributed by atoms with Gasteiger partial charge in [0.1, 0.15) is 0 Å². The van der Waals surface area contributed by atoms with E-state index in [-0.39, 0.29) is 0 Å². The molecule has 0 radical (unpaired) electrons. The Hall–Kier alpha value is -0.0800. The van der Waals surface area contributed by atoms with Crippen LogP contribution in [0.1, 0.15) is 53.4 Å². The van der Waals surface area contributed by atoms with Crippen molar-refractivity contribution in [3.63, 3.8) is 0 Å². The topological polar surface area (TPSA) is 18.5 Å². The van der Waals surface area contributed by atoms with Crippen LogP contribution < -0.4 is 0 Å². The van der Waals surface area contributed by atoms with E-state index in [1.54, 1.807) is 0 Å². The van der Waals surface area contributed by atoms with E-state index in [1.165, 1.54) is 12.8 Å². The molecule has 0 aliphatic heterocycles. The molecule has 0 heterocycles. The quantitative estimate of drug-likeness (QED) is 0.694. The number of rotatable bonds is 4. The lowest BCUT2D eigenvalue weighted by Gasteiger charge is -2.33. The highest BCUT2D eigenvalue weighted by Crippen LogP contribution is 2.25. The molecule has 0 saturated heterocycles. The zero-order valence-electron chi connectivity index (χ0n) is 9.95. The minimum atomic E-state index is 0.316. The van der Waals surface area contributed by atoms with Crippen molar-refractivity contribution >= 4 is 0 Å². The van der Waals surface area contributed by atoms with Crippen LogP contribution in [0.3, 0.4) is 0 Å². The van der Waals surface area contributed by atoms with Crippen molar-refractivity contribution in [3.05, 3.63) is 0 Å². The molecule has 0 spiro atoms. The fraction of sp³-hybridized carbons (Fsp3) is 1.00. The highest BCUT2D eigenvalue weighted by Gasteiger charge is 2.27. The molecule has 1 fully saturated rings. The minimum Gasteiger partial charge on any atom is -0.373 e. The molecule has 84 valence electrons. The van der Waals surface area contributed by atoms with Crippen LogP contribution >= 0.6 is 0 Å². The lowest BCUT2D eigenvalue weighted by Crippen LogP contribution is -2.37. The van der Waals surface area contributed by atoms with Gasteiger partial charge in [-0.3, -0.25) is 0 Å². The highest BCUT2D eigenvalue weighted by atomic mass is 16.5. The predicted octanol–water partition coefficient (Wildman–Crippen LogP) is 3.15. The van der Waals surface area contributed by atoms with Crippen LogP contribution in [0.25, 0.3) is 0 Å². The van der Waals surface area contributed by atoms with E-state index in [1.807, 2.05) is 0 Å². The van der Waals surface area contributed by atoms with Gasteiger partial charge < -0.3 is 9.47 Å². The third kappa shape index (κ3) is 3.97. The molecule has 14 heavy (non-hydrogen) atoms. The van der Waals surface area contributed by atoms with Gasteiger partial charge in [-0.1, -0.05) is 12.8 Å². The van der Waals surface area contributed by atoms with Gasteiger partial charge in [-0.05, 0) is 40.5 Å². The van der Waals surface area contributed by atoms with Gasteiger partial charge in [-0.2, -0.15) is 0 Å². The summed E-state index contributed by atoms with van der Waals surface area (Å²) in [7, 11) is 0. The fourth-order valence-corrected chi connectivity index (χ4v) is 2.07. The average Bonchev–Trinajstić information content (AvgIpc) is 2.06. The summed E-state index contributed by atoms with van der Waals surface area (Å²) in [6, 6.07) is 0. The Morgan fingerprint density at radius 2 is 1.14 bits per heavy atom. The van der Waals surface area contributed by atoms with Gasteiger partial charge >= 0.3 is 0 Å². The number of hydrogen-bond acceptors (Lipinski definition) is 2. The summed E-state index contributed by atoms with van der Waals surface area (Å²) in [5.74, 6) is 0. The zero-order valence-corrected chi connectivity index (χ0v) is 9.95. The first-order valence-corrected chi connectivity index (χ1v) is 5.90. The molecule has 1 aliphatic carbocycles. The first kappa shape index (κ1) is 12.0. The molecule has 1 aliphatic rings. The lowest BCUT2D eigenvalue weighted by atomic mass is 9.94. The Balaban J connectivity index is 2.41. The SMILES string of the molecule is CC(C)O[C@@H]1CCCC[C@H]1OC(C)C. The van der Waals surface area contributed by atoms with Gasteiger partial charge in [0.05, 0.1) is 24.4 Å². The van der Waals surface area contributed by atoms with Crippen molar-refractivity contribution in [2.45, 2.75) is 77.8 Å². The normalized spacial score (nSPS) is 28.7. The smallest absolute Gasteiger partial charge is 0.0840 e. The lowest BCUT2D eigenvalue weighted by molar-refractivity contribution is -0.125. The summed E-state index contributed by atoms with van der Waals surface area (Å²) in [6.45, 7) is 8.39. The second kappa shape index (κ2) is 5.72. The summed E-state index contributed by atoms with van der Waals surface area (Å²) in [5, 5.41) is 0. The molecule has 0 unspecified atom stereocenters. The van der Waals surface area contributed by atoms with E-state index in [2.05, 4.69) is 27.7 Å². The second-order valence-electron chi connectivity index (χ2n) is 4.73.